The summed E-state index contributed by atoms with van der Waals surface area (Å²) < 4.78 is 0. The van der Waals surface area contributed by atoms with E-state index in [4.69, 9.17) is 17.3 Å². The topological polar surface area (TPSA) is 38.9 Å². The van der Waals surface area contributed by atoms with E-state index in [-0.39, 0.29) is 0 Å². The highest BCUT2D eigenvalue weighted by atomic mass is 35.5. The zero-order valence-electron chi connectivity index (χ0n) is 9.25. The van der Waals surface area contributed by atoms with Crippen molar-refractivity contribution in [1.29, 1.82) is 0 Å². The predicted molar refractivity (Wildman–Crippen MR) is 70.3 cm³/mol. The van der Waals surface area contributed by atoms with E-state index in [1.807, 2.05) is 19.2 Å². The molecule has 1 aromatic heterocycles. The molecule has 4 heteroatoms. The molecule has 0 fully saturated rings. The summed E-state index contributed by atoms with van der Waals surface area (Å²) in [6.45, 7) is 4.13. The van der Waals surface area contributed by atoms with E-state index in [1.54, 1.807) is 0 Å². The highest BCUT2D eigenvalue weighted by molar-refractivity contribution is 7.15. The minimum absolute atomic E-state index is 0.607. The number of thiazole rings is 1. The first-order valence-electron chi connectivity index (χ1n) is 5.02. The van der Waals surface area contributed by atoms with Gasteiger partial charge in [-0.3, -0.25) is 0 Å². The van der Waals surface area contributed by atoms with E-state index in [1.165, 1.54) is 22.5 Å². The molecular formula is C12H13ClN2S. The van der Waals surface area contributed by atoms with Crippen molar-refractivity contribution in [3.8, 4) is 0 Å². The lowest BCUT2D eigenvalue weighted by atomic mass is 10.0. The molecule has 2 N–H and O–H groups in total. The van der Waals surface area contributed by atoms with Gasteiger partial charge in [0.25, 0.3) is 0 Å². The third kappa shape index (κ3) is 2.36. The third-order valence-electron chi connectivity index (χ3n) is 2.49. The van der Waals surface area contributed by atoms with Gasteiger partial charge in [-0.05, 0) is 36.6 Å². The molecule has 0 unspecified atom stereocenters. The van der Waals surface area contributed by atoms with Crippen molar-refractivity contribution in [2.75, 3.05) is 5.73 Å². The fraction of sp³-hybridized carbons (Fsp3) is 0.250. The fourth-order valence-electron chi connectivity index (χ4n) is 1.75. The van der Waals surface area contributed by atoms with Crippen LogP contribution in [0.25, 0.3) is 0 Å². The monoisotopic (exact) mass is 252 g/mol. The molecule has 0 radical (unpaired) electrons. The number of hydrogen-bond acceptors (Lipinski definition) is 3. The molecule has 1 aromatic carbocycles. The lowest BCUT2D eigenvalue weighted by Crippen LogP contribution is -1.92. The summed E-state index contributed by atoms with van der Waals surface area (Å²) in [4.78, 5) is 5.19. The Kier molecular flexibility index (Phi) is 3.17. The molecular weight excluding hydrogens is 240 g/mol. The number of nitrogens with zero attached hydrogens (tertiary/aromatic N) is 1. The molecule has 0 amide bonds. The maximum atomic E-state index is 6.24. The number of nitrogen functional groups attached to an aromatic ring is 1. The van der Waals surface area contributed by atoms with Gasteiger partial charge in [-0.2, -0.15) is 0 Å². The van der Waals surface area contributed by atoms with Gasteiger partial charge in [0.05, 0.1) is 0 Å². The number of aryl methyl sites for hydroxylation is 2. The first kappa shape index (κ1) is 11.4. The highest BCUT2D eigenvalue weighted by Gasteiger charge is 2.08. The lowest BCUT2D eigenvalue weighted by molar-refractivity contribution is 1.17. The van der Waals surface area contributed by atoms with Gasteiger partial charge in [0.2, 0.25) is 0 Å². The minimum atomic E-state index is 0.607. The van der Waals surface area contributed by atoms with Gasteiger partial charge < -0.3 is 5.73 Å². The number of nitrogens with two attached hydrogens (primary N) is 1. The third-order valence-corrected chi connectivity index (χ3v) is 3.65. The summed E-state index contributed by atoms with van der Waals surface area (Å²) in [7, 11) is 0. The highest BCUT2D eigenvalue weighted by Crippen LogP contribution is 2.27. The quantitative estimate of drug-likeness (QED) is 0.887. The Morgan fingerprint density at radius 2 is 2.12 bits per heavy atom. The zero-order chi connectivity index (χ0) is 11.7. The largest absolute Gasteiger partial charge is 0.375 e. The summed E-state index contributed by atoms with van der Waals surface area (Å²) in [5.74, 6) is 0. The average Bonchev–Trinajstić information content (AvgIpc) is 2.58. The molecule has 0 atom stereocenters. The van der Waals surface area contributed by atoms with E-state index < -0.39 is 0 Å². The molecule has 2 aromatic rings. The van der Waals surface area contributed by atoms with Crippen LogP contribution in [0.5, 0.6) is 0 Å². The van der Waals surface area contributed by atoms with E-state index in [2.05, 4.69) is 18.0 Å². The standard InChI is InChI=1S/C12H13ClN2S/c1-7-3-8(2)10(11(13)4-7)5-9-6-15-12(14)16-9/h3-4,6H,5H2,1-2H3,(H2,14,15). The minimum Gasteiger partial charge on any atom is -0.375 e. The van der Waals surface area contributed by atoms with E-state index >= 15 is 0 Å². The molecule has 1 heterocycles. The van der Waals surface area contributed by atoms with Crippen molar-refractivity contribution >= 4 is 28.1 Å². The van der Waals surface area contributed by atoms with Crippen molar-refractivity contribution < 1.29 is 0 Å². The first-order valence-corrected chi connectivity index (χ1v) is 6.21. The van der Waals surface area contributed by atoms with Crippen molar-refractivity contribution in [2.45, 2.75) is 20.3 Å². The van der Waals surface area contributed by atoms with Gasteiger partial charge in [-0.25, -0.2) is 4.98 Å². The van der Waals surface area contributed by atoms with Crippen molar-refractivity contribution in [3.63, 3.8) is 0 Å². The van der Waals surface area contributed by atoms with Gasteiger partial charge in [0, 0.05) is 22.5 Å². The number of anilines is 1. The van der Waals surface area contributed by atoms with Crippen LogP contribution in [0.4, 0.5) is 5.13 Å². The van der Waals surface area contributed by atoms with Gasteiger partial charge in [-0.1, -0.05) is 17.7 Å². The summed E-state index contributed by atoms with van der Waals surface area (Å²) in [5, 5.41) is 1.43. The molecule has 0 spiro atoms. The Morgan fingerprint density at radius 3 is 2.69 bits per heavy atom. The van der Waals surface area contributed by atoms with Gasteiger partial charge in [0.15, 0.2) is 5.13 Å². The van der Waals surface area contributed by atoms with E-state index in [9.17, 15) is 0 Å². The van der Waals surface area contributed by atoms with Gasteiger partial charge >= 0.3 is 0 Å². The Balaban J connectivity index is 2.34. The summed E-state index contributed by atoms with van der Waals surface area (Å²) in [6.07, 6.45) is 2.62. The Labute approximate surface area is 104 Å². The van der Waals surface area contributed by atoms with Crippen LogP contribution < -0.4 is 5.73 Å². The van der Waals surface area contributed by atoms with Crippen LogP contribution in [0.1, 0.15) is 21.6 Å². The van der Waals surface area contributed by atoms with E-state index in [0.717, 1.165) is 21.9 Å². The molecule has 0 aliphatic carbocycles. The molecule has 0 saturated carbocycles. The molecule has 0 aliphatic heterocycles. The molecule has 2 nitrogen and oxygen atoms in total. The van der Waals surface area contributed by atoms with Gasteiger partial charge in [-0.15, -0.1) is 11.3 Å². The summed E-state index contributed by atoms with van der Waals surface area (Å²) in [5.41, 5.74) is 9.18. The maximum Gasteiger partial charge on any atom is 0.180 e. The van der Waals surface area contributed by atoms with E-state index in [0.29, 0.717) is 5.13 Å². The fourth-order valence-corrected chi connectivity index (χ4v) is 2.83. The second kappa shape index (κ2) is 4.44. The number of benzene rings is 1. The van der Waals surface area contributed by atoms with Crippen molar-refractivity contribution in [1.82, 2.24) is 4.98 Å². The first-order chi connectivity index (χ1) is 7.56. The van der Waals surface area contributed by atoms with Crippen LogP contribution in [0.3, 0.4) is 0 Å². The Bertz CT molecular complexity index is 496. The number of halogens is 1. The molecule has 0 saturated heterocycles. The molecule has 0 aliphatic rings. The maximum absolute atomic E-state index is 6.24. The number of hydrogen-bond donors (Lipinski definition) is 1. The normalized spacial score (nSPS) is 10.7. The second-order valence-electron chi connectivity index (χ2n) is 3.88. The molecule has 84 valence electrons. The van der Waals surface area contributed by atoms with Crippen LogP contribution in [-0.4, -0.2) is 4.98 Å². The van der Waals surface area contributed by atoms with Gasteiger partial charge in [0.1, 0.15) is 0 Å². The van der Waals surface area contributed by atoms with Crippen LogP contribution >= 0.6 is 22.9 Å². The summed E-state index contributed by atoms with van der Waals surface area (Å²) in [6, 6.07) is 4.14. The predicted octanol–water partition coefficient (Wildman–Crippen LogP) is 3.59. The van der Waals surface area contributed by atoms with Crippen LogP contribution in [0.15, 0.2) is 18.3 Å². The van der Waals surface area contributed by atoms with Crippen LogP contribution in [-0.2, 0) is 6.42 Å². The van der Waals surface area contributed by atoms with Crippen molar-refractivity contribution in [3.05, 3.63) is 44.9 Å². The summed E-state index contributed by atoms with van der Waals surface area (Å²) >= 11 is 7.76. The Morgan fingerprint density at radius 1 is 1.38 bits per heavy atom. The number of rotatable bonds is 2. The van der Waals surface area contributed by atoms with Crippen LogP contribution in [0, 0.1) is 13.8 Å². The smallest absolute Gasteiger partial charge is 0.180 e. The van der Waals surface area contributed by atoms with Crippen LogP contribution in [0.2, 0.25) is 5.02 Å². The lowest BCUT2D eigenvalue weighted by Gasteiger charge is -2.08. The number of aromatic nitrogens is 1. The van der Waals surface area contributed by atoms with Crippen molar-refractivity contribution in [2.24, 2.45) is 0 Å². The second-order valence-corrected chi connectivity index (χ2v) is 5.44. The molecule has 0 bridgehead atoms. The molecule has 16 heavy (non-hydrogen) atoms. The zero-order valence-corrected chi connectivity index (χ0v) is 10.8. The average molecular weight is 253 g/mol. The Hall–Kier alpha value is -1.06. The SMILES string of the molecule is Cc1cc(C)c(Cc2cnc(N)s2)c(Cl)c1. The molecule has 2 rings (SSSR count).